The van der Waals surface area contributed by atoms with Crippen LogP contribution in [0, 0.1) is 6.92 Å². The predicted octanol–water partition coefficient (Wildman–Crippen LogP) is 4.68. The minimum absolute atomic E-state index is 0.205. The molecule has 3 aromatic rings. The molecular weight excluding hydrogens is 374 g/mol. The molecule has 0 bridgehead atoms. The highest BCUT2D eigenvalue weighted by Crippen LogP contribution is 2.21. The molecule has 1 unspecified atom stereocenters. The van der Waals surface area contributed by atoms with Crippen molar-refractivity contribution < 1.29 is 8.42 Å². The number of thioether (sulfide) groups is 1. The number of sulfonamides is 1. The zero-order valence-corrected chi connectivity index (χ0v) is 16.8. The zero-order chi connectivity index (χ0) is 19.1. The van der Waals surface area contributed by atoms with E-state index in [-0.39, 0.29) is 6.04 Å². The third kappa shape index (κ3) is 5.96. The molecule has 3 nitrogen and oxygen atoms in total. The maximum absolute atomic E-state index is 12.8. The second-order valence-electron chi connectivity index (χ2n) is 6.45. The van der Waals surface area contributed by atoms with Gasteiger partial charge in [-0.05, 0) is 43.2 Å². The van der Waals surface area contributed by atoms with Gasteiger partial charge in [-0.2, -0.15) is 0 Å². The predicted molar refractivity (Wildman–Crippen MR) is 113 cm³/mol. The number of rotatable bonds is 8. The van der Waals surface area contributed by atoms with Gasteiger partial charge in [0.2, 0.25) is 10.0 Å². The molecule has 0 radical (unpaired) electrons. The smallest absolute Gasteiger partial charge is 0.207 e. The van der Waals surface area contributed by atoms with Gasteiger partial charge in [0, 0.05) is 16.7 Å². The Morgan fingerprint density at radius 1 is 0.852 bits per heavy atom. The van der Waals surface area contributed by atoms with Gasteiger partial charge < -0.3 is 0 Å². The quantitative estimate of drug-likeness (QED) is 0.562. The van der Waals surface area contributed by atoms with Gasteiger partial charge in [0.1, 0.15) is 0 Å². The van der Waals surface area contributed by atoms with Crippen molar-refractivity contribution in [3.05, 3.63) is 96.1 Å². The van der Waals surface area contributed by atoms with Crippen LogP contribution in [-0.4, -0.2) is 20.2 Å². The standard InChI is InChI=1S/C22H23NO2S2/c1-18-12-14-22(15-13-18)27(24,25)23-20(16-19-8-4-2-5-9-19)17-26-21-10-6-3-7-11-21/h2-15,20,23H,16-17H2,1H3. The zero-order valence-electron chi connectivity index (χ0n) is 15.2. The lowest BCUT2D eigenvalue weighted by Gasteiger charge is -2.19. The van der Waals surface area contributed by atoms with Crippen LogP contribution >= 0.6 is 11.8 Å². The van der Waals surface area contributed by atoms with E-state index in [2.05, 4.69) is 4.72 Å². The van der Waals surface area contributed by atoms with Gasteiger partial charge in [0.25, 0.3) is 0 Å². The summed E-state index contributed by atoms with van der Waals surface area (Å²) in [6, 6.07) is 26.8. The number of nitrogens with one attached hydrogen (secondary N) is 1. The van der Waals surface area contributed by atoms with Crippen molar-refractivity contribution in [2.45, 2.75) is 29.2 Å². The SMILES string of the molecule is Cc1ccc(S(=O)(=O)NC(CSc2ccccc2)Cc2ccccc2)cc1. The Bertz CT molecular complexity index is 941. The average Bonchev–Trinajstić information content (AvgIpc) is 2.68. The first-order valence-electron chi connectivity index (χ1n) is 8.84. The van der Waals surface area contributed by atoms with Crippen molar-refractivity contribution in [2.75, 3.05) is 5.75 Å². The van der Waals surface area contributed by atoms with E-state index >= 15 is 0 Å². The highest BCUT2D eigenvalue weighted by atomic mass is 32.2. The fraction of sp³-hybridized carbons (Fsp3) is 0.182. The van der Waals surface area contributed by atoms with Gasteiger partial charge in [0.15, 0.2) is 0 Å². The molecule has 1 atom stereocenters. The molecule has 0 amide bonds. The average molecular weight is 398 g/mol. The lowest BCUT2D eigenvalue weighted by Crippen LogP contribution is -2.38. The van der Waals surface area contributed by atoms with Crippen LogP contribution in [0.5, 0.6) is 0 Å². The summed E-state index contributed by atoms with van der Waals surface area (Å²) in [7, 11) is -3.56. The van der Waals surface area contributed by atoms with E-state index in [0.717, 1.165) is 16.0 Å². The van der Waals surface area contributed by atoms with Crippen LogP contribution < -0.4 is 4.72 Å². The summed E-state index contributed by atoms with van der Waals surface area (Å²) in [4.78, 5) is 1.43. The molecular formula is C22H23NO2S2. The number of hydrogen-bond acceptors (Lipinski definition) is 3. The first-order valence-corrected chi connectivity index (χ1v) is 11.3. The summed E-state index contributed by atoms with van der Waals surface area (Å²) in [5.41, 5.74) is 2.15. The fourth-order valence-corrected chi connectivity index (χ4v) is 5.04. The summed E-state index contributed by atoms with van der Waals surface area (Å²) in [5.74, 6) is 0.657. The molecule has 3 aromatic carbocycles. The summed E-state index contributed by atoms with van der Waals surface area (Å²) in [5, 5.41) is 0. The Labute approximate surface area is 165 Å². The van der Waals surface area contributed by atoms with Crippen LogP contribution in [-0.2, 0) is 16.4 Å². The molecule has 140 valence electrons. The van der Waals surface area contributed by atoms with E-state index in [1.165, 1.54) is 0 Å². The molecule has 5 heteroatoms. The Balaban J connectivity index is 1.76. The van der Waals surface area contributed by atoms with Gasteiger partial charge in [-0.25, -0.2) is 13.1 Å². The molecule has 0 aliphatic heterocycles. The topological polar surface area (TPSA) is 46.2 Å². The Morgan fingerprint density at radius 3 is 2.07 bits per heavy atom. The van der Waals surface area contributed by atoms with Crippen LogP contribution in [0.15, 0.2) is 94.7 Å². The van der Waals surface area contributed by atoms with Crippen LogP contribution in [0.2, 0.25) is 0 Å². The summed E-state index contributed by atoms with van der Waals surface area (Å²) >= 11 is 1.66. The lowest BCUT2D eigenvalue weighted by molar-refractivity contribution is 0.561. The molecule has 3 rings (SSSR count). The van der Waals surface area contributed by atoms with Crippen molar-refractivity contribution in [3.8, 4) is 0 Å². The normalized spacial score (nSPS) is 12.6. The van der Waals surface area contributed by atoms with Crippen LogP contribution in [0.3, 0.4) is 0 Å². The third-order valence-electron chi connectivity index (χ3n) is 4.17. The van der Waals surface area contributed by atoms with Crippen LogP contribution in [0.1, 0.15) is 11.1 Å². The van der Waals surface area contributed by atoms with E-state index in [9.17, 15) is 8.42 Å². The summed E-state index contributed by atoms with van der Waals surface area (Å²) in [6.07, 6.45) is 0.645. The minimum atomic E-state index is -3.56. The molecule has 1 N–H and O–H groups in total. The fourth-order valence-electron chi connectivity index (χ4n) is 2.75. The van der Waals surface area contributed by atoms with Crippen LogP contribution in [0.25, 0.3) is 0 Å². The van der Waals surface area contributed by atoms with Gasteiger partial charge in [-0.15, -0.1) is 11.8 Å². The van der Waals surface area contributed by atoms with Gasteiger partial charge in [0.05, 0.1) is 4.90 Å². The van der Waals surface area contributed by atoms with E-state index in [4.69, 9.17) is 0 Å². The Hall–Kier alpha value is -2.08. The molecule has 0 aliphatic carbocycles. The summed E-state index contributed by atoms with van der Waals surface area (Å²) < 4.78 is 28.6. The molecule has 0 fully saturated rings. The van der Waals surface area contributed by atoms with E-state index in [1.54, 1.807) is 23.9 Å². The number of hydrogen-bond donors (Lipinski definition) is 1. The van der Waals surface area contributed by atoms with Crippen molar-refractivity contribution in [2.24, 2.45) is 0 Å². The Kier molecular flexibility index (Phi) is 6.72. The number of aryl methyl sites for hydroxylation is 1. The van der Waals surface area contributed by atoms with Crippen molar-refractivity contribution >= 4 is 21.8 Å². The van der Waals surface area contributed by atoms with Crippen molar-refractivity contribution in [1.82, 2.24) is 4.72 Å². The van der Waals surface area contributed by atoms with Crippen molar-refractivity contribution in [1.29, 1.82) is 0 Å². The molecule has 0 aromatic heterocycles. The maximum atomic E-state index is 12.8. The van der Waals surface area contributed by atoms with E-state index in [0.29, 0.717) is 17.1 Å². The van der Waals surface area contributed by atoms with E-state index < -0.39 is 10.0 Å². The van der Waals surface area contributed by atoms with Gasteiger partial charge in [-0.3, -0.25) is 0 Å². The molecule has 27 heavy (non-hydrogen) atoms. The monoisotopic (exact) mass is 397 g/mol. The van der Waals surface area contributed by atoms with Gasteiger partial charge >= 0.3 is 0 Å². The van der Waals surface area contributed by atoms with E-state index in [1.807, 2.05) is 79.7 Å². The van der Waals surface area contributed by atoms with Gasteiger partial charge in [-0.1, -0.05) is 66.2 Å². The lowest BCUT2D eigenvalue weighted by atomic mass is 10.1. The van der Waals surface area contributed by atoms with Crippen LogP contribution in [0.4, 0.5) is 0 Å². The van der Waals surface area contributed by atoms with Crippen molar-refractivity contribution in [3.63, 3.8) is 0 Å². The number of benzene rings is 3. The molecule has 0 heterocycles. The third-order valence-corrected chi connectivity index (χ3v) is 6.88. The first-order chi connectivity index (χ1) is 13.0. The highest BCUT2D eigenvalue weighted by molar-refractivity contribution is 7.99. The Morgan fingerprint density at radius 2 is 1.44 bits per heavy atom. The minimum Gasteiger partial charge on any atom is -0.207 e. The molecule has 0 spiro atoms. The molecule has 0 saturated heterocycles. The largest absolute Gasteiger partial charge is 0.240 e. The second-order valence-corrected chi connectivity index (χ2v) is 9.25. The highest BCUT2D eigenvalue weighted by Gasteiger charge is 2.20. The molecule has 0 saturated carbocycles. The molecule has 0 aliphatic rings. The first kappa shape index (κ1) is 19.7. The maximum Gasteiger partial charge on any atom is 0.240 e. The summed E-state index contributed by atoms with van der Waals surface area (Å²) in [6.45, 7) is 1.94. The second kappa shape index (κ2) is 9.22.